The number of carbonyl (C=O) groups is 1. The minimum Gasteiger partial charge on any atom is -0.443 e. The molecule has 0 saturated carbocycles. The van der Waals surface area contributed by atoms with Crippen molar-refractivity contribution in [3.63, 3.8) is 0 Å². The van der Waals surface area contributed by atoms with Crippen LogP contribution in [0.4, 0.5) is 0 Å². The largest absolute Gasteiger partial charge is 0.443 e. The second kappa shape index (κ2) is 7.08. The highest BCUT2D eigenvalue weighted by Crippen LogP contribution is 2.09. The van der Waals surface area contributed by atoms with Gasteiger partial charge in [0.1, 0.15) is 6.04 Å². The van der Waals surface area contributed by atoms with Crippen LogP contribution in [0.5, 0.6) is 0 Å². The highest BCUT2D eigenvalue weighted by molar-refractivity contribution is 5.76. The first-order chi connectivity index (χ1) is 7.78. The highest BCUT2D eigenvalue weighted by Gasteiger charge is 2.24. The molecule has 0 aromatic carbocycles. The van der Waals surface area contributed by atoms with Crippen molar-refractivity contribution in [3.8, 4) is 0 Å². The van der Waals surface area contributed by atoms with Crippen LogP contribution in [0.25, 0.3) is 0 Å². The zero-order chi connectivity index (χ0) is 13.5. The van der Waals surface area contributed by atoms with Gasteiger partial charge in [-0.05, 0) is 26.2 Å². The fourth-order valence-electron chi connectivity index (χ4n) is 1.01. The van der Waals surface area contributed by atoms with Gasteiger partial charge >= 0.3 is 5.97 Å². The number of esters is 1. The highest BCUT2D eigenvalue weighted by atomic mass is 16.6. The van der Waals surface area contributed by atoms with Gasteiger partial charge < -0.3 is 21.9 Å². The molecule has 7 heteroatoms. The van der Waals surface area contributed by atoms with Gasteiger partial charge in [0.05, 0.1) is 0 Å². The first-order valence-electron chi connectivity index (χ1n) is 5.61. The minimum atomic E-state index is -0.964. The summed E-state index contributed by atoms with van der Waals surface area (Å²) in [4.78, 5) is 15.3. The lowest BCUT2D eigenvalue weighted by Gasteiger charge is -2.24. The number of rotatable bonds is 7. The van der Waals surface area contributed by atoms with Gasteiger partial charge in [-0.15, -0.1) is 0 Å². The van der Waals surface area contributed by atoms with Crippen molar-refractivity contribution in [2.45, 2.75) is 44.9 Å². The summed E-state index contributed by atoms with van der Waals surface area (Å²) in [6.07, 6.45) is 1.59. The van der Waals surface area contributed by atoms with Crippen molar-refractivity contribution >= 4 is 11.9 Å². The monoisotopic (exact) mass is 245 g/mol. The Bertz CT molecular complexity index is 274. The fourth-order valence-corrected chi connectivity index (χ4v) is 1.01. The summed E-state index contributed by atoms with van der Waals surface area (Å²) in [7, 11) is 0. The molecule has 7 nitrogen and oxygen atoms in total. The first-order valence-corrected chi connectivity index (χ1v) is 5.61. The van der Waals surface area contributed by atoms with Gasteiger partial charge in [-0.1, -0.05) is 6.92 Å². The Kier molecular flexibility index (Phi) is 6.52. The summed E-state index contributed by atoms with van der Waals surface area (Å²) < 4.78 is 5.06. The number of hydrogen-bond acceptors (Lipinski definition) is 5. The maximum atomic E-state index is 11.5. The van der Waals surface area contributed by atoms with Gasteiger partial charge in [0.25, 0.3) is 0 Å². The van der Waals surface area contributed by atoms with E-state index in [1.807, 2.05) is 6.92 Å². The third-order valence-electron chi connectivity index (χ3n) is 2.31. The molecule has 1 unspecified atom stereocenters. The Morgan fingerprint density at radius 3 is 2.53 bits per heavy atom. The van der Waals surface area contributed by atoms with Crippen LogP contribution < -0.4 is 22.9 Å². The second-order valence-electron chi connectivity index (χ2n) is 4.14. The standard InChI is InChI=1S/C10H23N5O2/c1-3-10(2,14)17-8(16)7(11)5-4-6-15-9(12)13/h7H,3-6,11,14H2,1-2H3,(H4,12,13,15)/t7-,10?/m0/s1. The predicted molar refractivity (Wildman–Crippen MR) is 66.9 cm³/mol. The third kappa shape index (κ3) is 7.53. The van der Waals surface area contributed by atoms with Crippen LogP contribution in [0.3, 0.4) is 0 Å². The van der Waals surface area contributed by atoms with Crippen molar-refractivity contribution in [2.75, 3.05) is 6.54 Å². The molecular weight excluding hydrogens is 222 g/mol. The summed E-state index contributed by atoms with van der Waals surface area (Å²) in [5, 5.41) is 0. The molecule has 0 fully saturated rings. The van der Waals surface area contributed by atoms with E-state index in [-0.39, 0.29) is 5.96 Å². The minimum absolute atomic E-state index is 0.0293. The van der Waals surface area contributed by atoms with Gasteiger partial charge in [-0.2, -0.15) is 0 Å². The van der Waals surface area contributed by atoms with E-state index in [9.17, 15) is 4.79 Å². The van der Waals surface area contributed by atoms with Gasteiger partial charge in [0.2, 0.25) is 0 Å². The average Bonchev–Trinajstić information content (AvgIpc) is 2.23. The molecule has 0 amide bonds. The number of ether oxygens (including phenoxy) is 1. The van der Waals surface area contributed by atoms with Crippen molar-refractivity contribution in [1.29, 1.82) is 0 Å². The first kappa shape index (κ1) is 15.7. The maximum absolute atomic E-state index is 11.5. The van der Waals surface area contributed by atoms with Gasteiger partial charge in [-0.25, -0.2) is 0 Å². The molecule has 0 aromatic heterocycles. The number of guanidine groups is 1. The zero-order valence-electron chi connectivity index (χ0n) is 10.5. The molecule has 8 N–H and O–H groups in total. The molecule has 0 saturated heterocycles. The molecule has 0 spiro atoms. The second-order valence-corrected chi connectivity index (χ2v) is 4.14. The Morgan fingerprint density at radius 1 is 1.47 bits per heavy atom. The molecule has 0 aromatic rings. The van der Waals surface area contributed by atoms with Crippen LogP contribution >= 0.6 is 0 Å². The fraction of sp³-hybridized carbons (Fsp3) is 0.800. The molecule has 0 aliphatic carbocycles. The molecule has 17 heavy (non-hydrogen) atoms. The summed E-state index contributed by atoms with van der Waals surface area (Å²) in [5.74, 6) is -0.469. The topological polar surface area (TPSA) is 143 Å². The van der Waals surface area contributed by atoms with E-state index in [0.29, 0.717) is 25.8 Å². The Labute approximate surface area is 102 Å². The summed E-state index contributed by atoms with van der Waals surface area (Å²) >= 11 is 0. The normalized spacial score (nSPS) is 15.8. The van der Waals surface area contributed by atoms with Crippen LogP contribution in [-0.4, -0.2) is 30.2 Å². The maximum Gasteiger partial charge on any atom is 0.324 e. The molecule has 0 rings (SSSR count). The van der Waals surface area contributed by atoms with Gasteiger partial charge in [0, 0.05) is 6.54 Å². The zero-order valence-corrected chi connectivity index (χ0v) is 10.5. The predicted octanol–water partition coefficient (Wildman–Crippen LogP) is -1.00. The van der Waals surface area contributed by atoms with Crippen LogP contribution in [0, 0.1) is 0 Å². The Hall–Kier alpha value is -1.34. The van der Waals surface area contributed by atoms with E-state index in [1.165, 1.54) is 0 Å². The van der Waals surface area contributed by atoms with Crippen molar-refractivity contribution in [3.05, 3.63) is 0 Å². The summed E-state index contributed by atoms with van der Waals surface area (Å²) in [6, 6.07) is -0.696. The van der Waals surface area contributed by atoms with Crippen molar-refractivity contribution in [2.24, 2.45) is 27.9 Å². The molecule has 0 aliphatic heterocycles. The Morgan fingerprint density at radius 2 is 2.06 bits per heavy atom. The number of aliphatic imine (C=N–C) groups is 1. The van der Waals surface area contributed by atoms with Crippen molar-refractivity contribution < 1.29 is 9.53 Å². The van der Waals surface area contributed by atoms with Crippen LogP contribution in [0.15, 0.2) is 4.99 Å². The number of hydrogen-bond donors (Lipinski definition) is 4. The van der Waals surface area contributed by atoms with E-state index < -0.39 is 17.7 Å². The summed E-state index contributed by atoms with van der Waals surface area (Å²) in [6.45, 7) is 3.91. The summed E-state index contributed by atoms with van der Waals surface area (Å²) in [5.41, 5.74) is 20.7. The molecule has 0 bridgehead atoms. The third-order valence-corrected chi connectivity index (χ3v) is 2.31. The number of nitrogens with zero attached hydrogens (tertiary/aromatic N) is 1. The lowest BCUT2D eigenvalue weighted by atomic mass is 10.1. The van der Waals surface area contributed by atoms with Crippen LogP contribution in [-0.2, 0) is 9.53 Å². The molecule has 0 radical (unpaired) electrons. The van der Waals surface area contributed by atoms with Gasteiger partial charge in [0.15, 0.2) is 11.7 Å². The van der Waals surface area contributed by atoms with Gasteiger partial charge in [-0.3, -0.25) is 15.5 Å². The molecule has 0 aliphatic rings. The smallest absolute Gasteiger partial charge is 0.324 e. The van der Waals surface area contributed by atoms with Crippen LogP contribution in [0.1, 0.15) is 33.1 Å². The van der Waals surface area contributed by atoms with Crippen LogP contribution in [0.2, 0.25) is 0 Å². The SMILES string of the molecule is CCC(C)(N)OC(=O)[C@@H](N)CCCN=C(N)N. The molecule has 100 valence electrons. The van der Waals surface area contributed by atoms with E-state index in [0.717, 1.165) is 0 Å². The number of carbonyl (C=O) groups excluding carboxylic acids is 1. The Balaban J connectivity index is 3.94. The molecule has 2 atom stereocenters. The van der Waals surface area contributed by atoms with E-state index in [1.54, 1.807) is 6.92 Å². The van der Waals surface area contributed by atoms with E-state index >= 15 is 0 Å². The molecular formula is C10H23N5O2. The lowest BCUT2D eigenvalue weighted by molar-refractivity contribution is -0.159. The van der Waals surface area contributed by atoms with E-state index in [4.69, 9.17) is 27.7 Å². The lowest BCUT2D eigenvalue weighted by Crippen LogP contribution is -2.45. The van der Waals surface area contributed by atoms with E-state index in [2.05, 4.69) is 4.99 Å². The average molecular weight is 245 g/mol. The number of nitrogens with two attached hydrogens (primary N) is 4. The molecule has 0 heterocycles. The van der Waals surface area contributed by atoms with Crippen molar-refractivity contribution in [1.82, 2.24) is 0 Å². The quantitative estimate of drug-likeness (QED) is 0.149.